The molecule has 0 saturated heterocycles. The maximum absolute atomic E-state index is 11.5. The molecule has 0 aromatic carbocycles. The van der Waals surface area contributed by atoms with E-state index < -0.39 is 5.97 Å². The standard InChI is InChI=1S/C13H10N2O5S/c1-17-12(16)10-8(4-6-19-10)7-21-13-15-14-11(20-13)9-3-2-5-18-9/h2-6H,7H2,1H3. The van der Waals surface area contributed by atoms with Gasteiger partial charge >= 0.3 is 5.97 Å². The van der Waals surface area contributed by atoms with Gasteiger partial charge in [0.1, 0.15) is 0 Å². The summed E-state index contributed by atoms with van der Waals surface area (Å²) < 4.78 is 20.4. The van der Waals surface area contributed by atoms with Crippen molar-refractivity contribution in [3.8, 4) is 11.7 Å². The highest BCUT2D eigenvalue weighted by molar-refractivity contribution is 7.98. The topological polar surface area (TPSA) is 91.5 Å². The lowest BCUT2D eigenvalue weighted by atomic mass is 10.3. The van der Waals surface area contributed by atoms with E-state index in [1.807, 2.05) is 0 Å². The van der Waals surface area contributed by atoms with Crippen molar-refractivity contribution in [1.82, 2.24) is 10.2 Å². The van der Waals surface area contributed by atoms with Crippen LogP contribution in [0.4, 0.5) is 0 Å². The number of carbonyl (C=O) groups excluding carboxylic acids is 1. The number of aromatic nitrogens is 2. The second-order valence-corrected chi connectivity index (χ2v) is 4.83. The summed E-state index contributed by atoms with van der Waals surface area (Å²) in [5, 5.41) is 8.17. The normalized spacial score (nSPS) is 10.7. The van der Waals surface area contributed by atoms with Gasteiger partial charge in [-0.1, -0.05) is 11.8 Å². The van der Waals surface area contributed by atoms with Crippen LogP contribution in [0.25, 0.3) is 11.7 Å². The third-order valence-corrected chi connectivity index (χ3v) is 3.47. The van der Waals surface area contributed by atoms with Crippen molar-refractivity contribution in [2.24, 2.45) is 0 Å². The minimum Gasteiger partial charge on any atom is -0.463 e. The molecule has 0 bridgehead atoms. The summed E-state index contributed by atoms with van der Waals surface area (Å²) in [5.41, 5.74) is 0.699. The van der Waals surface area contributed by atoms with Crippen LogP contribution in [0.15, 0.2) is 49.2 Å². The summed E-state index contributed by atoms with van der Waals surface area (Å²) in [5.74, 6) is 0.921. The molecule has 8 heteroatoms. The van der Waals surface area contributed by atoms with Gasteiger partial charge in [0.25, 0.3) is 11.1 Å². The molecule has 0 aliphatic rings. The summed E-state index contributed by atoms with van der Waals surface area (Å²) >= 11 is 1.29. The average Bonchev–Trinajstić information content (AvgIpc) is 3.23. The molecule has 21 heavy (non-hydrogen) atoms. The summed E-state index contributed by atoms with van der Waals surface area (Å²) in [7, 11) is 1.30. The Hall–Kier alpha value is -2.48. The Balaban J connectivity index is 1.69. The van der Waals surface area contributed by atoms with E-state index in [1.54, 1.807) is 18.2 Å². The van der Waals surface area contributed by atoms with Gasteiger partial charge in [0, 0.05) is 11.3 Å². The van der Waals surface area contributed by atoms with Crippen molar-refractivity contribution in [2.75, 3.05) is 7.11 Å². The molecule has 0 saturated carbocycles. The third-order valence-electron chi connectivity index (χ3n) is 2.61. The summed E-state index contributed by atoms with van der Waals surface area (Å²) in [4.78, 5) is 11.5. The minimum atomic E-state index is -0.516. The minimum absolute atomic E-state index is 0.177. The van der Waals surface area contributed by atoms with Gasteiger partial charge in [-0.2, -0.15) is 0 Å². The summed E-state index contributed by atoms with van der Waals surface area (Å²) in [6.07, 6.45) is 2.96. The number of rotatable bonds is 5. The number of nitrogens with zero attached hydrogens (tertiary/aromatic N) is 2. The van der Waals surface area contributed by atoms with Gasteiger partial charge < -0.3 is 18.0 Å². The first kappa shape index (κ1) is 13.5. The van der Waals surface area contributed by atoms with Crippen LogP contribution in [0.5, 0.6) is 0 Å². The smallest absolute Gasteiger partial charge is 0.374 e. The molecule has 0 atom stereocenters. The van der Waals surface area contributed by atoms with E-state index in [0.29, 0.717) is 28.2 Å². The Bertz CT molecular complexity index is 731. The summed E-state index contributed by atoms with van der Waals surface area (Å²) in [6, 6.07) is 5.16. The fourth-order valence-electron chi connectivity index (χ4n) is 1.63. The number of carbonyl (C=O) groups is 1. The lowest BCUT2D eigenvalue weighted by Gasteiger charge is -1.98. The number of hydrogen-bond acceptors (Lipinski definition) is 8. The lowest BCUT2D eigenvalue weighted by Crippen LogP contribution is -2.02. The Morgan fingerprint density at radius 2 is 2.19 bits per heavy atom. The number of furan rings is 2. The molecule has 3 heterocycles. The van der Waals surface area contributed by atoms with E-state index in [4.69, 9.17) is 13.3 Å². The van der Waals surface area contributed by atoms with Crippen molar-refractivity contribution in [3.05, 3.63) is 42.0 Å². The number of thioether (sulfide) groups is 1. The van der Waals surface area contributed by atoms with E-state index in [1.165, 1.54) is 31.4 Å². The van der Waals surface area contributed by atoms with Crippen LogP contribution in [0.1, 0.15) is 16.1 Å². The van der Waals surface area contributed by atoms with Crippen molar-refractivity contribution < 1.29 is 22.8 Å². The Labute approximate surface area is 123 Å². The predicted octanol–water partition coefficient (Wildman–Crippen LogP) is 3.00. The van der Waals surface area contributed by atoms with E-state index >= 15 is 0 Å². The van der Waals surface area contributed by atoms with Crippen LogP contribution in [0, 0.1) is 0 Å². The van der Waals surface area contributed by atoms with Gasteiger partial charge in [-0.05, 0) is 18.2 Å². The van der Waals surface area contributed by atoms with E-state index in [-0.39, 0.29) is 5.76 Å². The zero-order chi connectivity index (χ0) is 14.7. The lowest BCUT2D eigenvalue weighted by molar-refractivity contribution is 0.0564. The van der Waals surface area contributed by atoms with Gasteiger partial charge in [-0.15, -0.1) is 10.2 Å². The average molecular weight is 306 g/mol. The van der Waals surface area contributed by atoms with Crippen LogP contribution in [-0.4, -0.2) is 23.3 Å². The second kappa shape index (κ2) is 5.88. The van der Waals surface area contributed by atoms with Crippen molar-refractivity contribution in [2.45, 2.75) is 11.0 Å². The number of methoxy groups -OCH3 is 1. The van der Waals surface area contributed by atoms with Crippen LogP contribution in [0.2, 0.25) is 0 Å². The Kier molecular flexibility index (Phi) is 3.78. The van der Waals surface area contributed by atoms with Crippen LogP contribution < -0.4 is 0 Å². The van der Waals surface area contributed by atoms with Gasteiger partial charge in [0.05, 0.1) is 19.6 Å². The molecule has 3 rings (SSSR count). The van der Waals surface area contributed by atoms with Crippen LogP contribution in [-0.2, 0) is 10.5 Å². The van der Waals surface area contributed by atoms with Crippen molar-refractivity contribution in [1.29, 1.82) is 0 Å². The first-order valence-electron chi connectivity index (χ1n) is 5.93. The Morgan fingerprint density at radius 1 is 1.29 bits per heavy atom. The van der Waals surface area contributed by atoms with Gasteiger partial charge in [0.15, 0.2) is 5.76 Å². The van der Waals surface area contributed by atoms with Gasteiger partial charge in [0.2, 0.25) is 5.76 Å². The molecule has 3 aromatic heterocycles. The molecule has 0 unspecified atom stereocenters. The molecule has 0 amide bonds. The third kappa shape index (κ3) is 2.84. The highest BCUT2D eigenvalue weighted by Crippen LogP contribution is 2.27. The number of ether oxygens (including phenoxy) is 1. The molecular formula is C13H10N2O5S. The van der Waals surface area contributed by atoms with Gasteiger partial charge in [-0.25, -0.2) is 4.79 Å². The fraction of sp³-hybridized carbons (Fsp3) is 0.154. The first-order chi connectivity index (χ1) is 10.3. The maximum Gasteiger partial charge on any atom is 0.374 e. The number of esters is 1. The molecule has 0 spiro atoms. The molecule has 108 valence electrons. The van der Waals surface area contributed by atoms with E-state index in [0.717, 1.165) is 0 Å². The summed E-state index contributed by atoms with van der Waals surface area (Å²) in [6.45, 7) is 0. The van der Waals surface area contributed by atoms with Crippen LogP contribution >= 0.6 is 11.8 Å². The number of hydrogen-bond donors (Lipinski definition) is 0. The highest BCUT2D eigenvalue weighted by Gasteiger charge is 2.17. The SMILES string of the molecule is COC(=O)c1occc1CSc1nnc(-c2ccco2)o1. The molecular weight excluding hydrogens is 296 g/mol. The predicted molar refractivity (Wildman–Crippen MR) is 71.6 cm³/mol. The van der Waals surface area contributed by atoms with E-state index in [2.05, 4.69) is 14.9 Å². The van der Waals surface area contributed by atoms with Crippen molar-refractivity contribution >= 4 is 17.7 Å². The zero-order valence-corrected chi connectivity index (χ0v) is 11.8. The molecule has 0 aliphatic carbocycles. The quantitative estimate of drug-likeness (QED) is 0.524. The highest BCUT2D eigenvalue weighted by atomic mass is 32.2. The van der Waals surface area contributed by atoms with Gasteiger partial charge in [-0.3, -0.25) is 0 Å². The maximum atomic E-state index is 11.5. The fourth-order valence-corrected chi connectivity index (χ4v) is 2.37. The molecule has 3 aromatic rings. The second-order valence-electron chi connectivity index (χ2n) is 3.91. The monoisotopic (exact) mass is 306 g/mol. The zero-order valence-electron chi connectivity index (χ0n) is 10.9. The molecule has 0 fully saturated rings. The molecule has 0 radical (unpaired) electrons. The Morgan fingerprint density at radius 3 is 2.95 bits per heavy atom. The van der Waals surface area contributed by atoms with Crippen LogP contribution in [0.3, 0.4) is 0 Å². The van der Waals surface area contributed by atoms with E-state index in [9.17, 15) is 4.79 Å². The molecule has 7 nitrogen and oxygen atoms in total. The molecule has 0 N–H and O–H groups in total. The first-order valence-corrected chi connectivity index (χ1v) is 6.91. The molecule has 0 aliphatic heterocycles. The largest absolute Gasteiger partial charge is 0.463 e. The van der Waals surface area contributed by atoms with Crippen molar-refractivity contribution in [3.63, 3.8) is 0 Å².